The zero-order valence-corrected chi connectivity index (χ0v) is 13.3. The summed E-state index contributed by atoms with van der Waals surface area (Å²) in [7, 11) is 0. The number of nitrogens with two attached hydrogens (primary N) is 2. The molecule has 0 aromatic carbocycles. The molecule has 3 heterocycles. The van der Waals surface area contributed by atoms with Crippen LogP contribution in [0.4, 0.5) is 17.6 Å². The van der Waals surface area contributed by atoms with Crippen LogP contribution in [0.25, 0.3) is 22.0 Å². The molecule has 0 saturated heterocycles. The van der Waals surface area contributed by atoms with Crippen LogP contribution in [0, 0.1) is 0 Å². The van der Waals surface area contributed by atoms with Crippen molar-refractivity contribution in [1.82, 2.24) is 19.9 Å². The molecular weight excluding hydrogens is 290 g/mol. The second kappa shape index (κ2) is 5.35. The van der Waals surface area contributed by atoms with Crippen molar-refractivity contribution >= 4 is 28.5 Å². The number of rotatable bonds is 2. The standard InChI is InChI=1S/C16H19N7/c1-16(2,3)23-15-21-8-11-13(22-15)10(7-20-14(11)18)9-4-5-19-12(17)6-9/h4-8H,1-3H3,(H2,17,19)(H2,18,20)(H,21,22,23). The Labute approximate surface area is 134 Å². The van der Waals surface area contributed by atoms with E-state index in [1.807, 2.05) is 26.8 Å². The van der Waals surface area contributed by atoms with Gasteiger partial charge < -0.3 is 16.8 Å². The van der Waals surface area contributed by atoms with Crippen LogP contribution < -0.4 is 16.8 Å². The maximum Gasteiger partial charge on any atom is 0.223 e. The van der Waals surface area contributed by atoms with Gasteiger partial charge in [-0.3, -0.25) is 0 Å². The number of pyridine rings is 2. The first kappa shape index (κ1) is 15.0. The first-order chi connectivity index (χ1) is 10.8. The third-order valence-electron chi connectivity index (χ3n) is 3.23. The Morgan fingerprint density at radius 1 is 1.04 bits per heavy atom. The molecule has 118 valence electrons. The number of fused-ring (bicyclic) bond motifs is 1. The lowest BCUT2D eigenvalue weighted by Crippen LogP contribution is -2.27. The fourth-order valence-electron chi connectivity index (χ4n) is 2.26. The monoisotopic (exact) mass is 309 g/mol. The van der Waals surface area contributed by atoms with Crippen LogP contribution in [0.15, 0.2) is 30.7 Å². The van der Waals surface area contributed by atoms with Crippen LogP contribution in [0.2, 0.25) is 0 Å². The largest absolute Gasteiger partial charge is 0.384 e. The minimum atomic E-state index is -0.145. The summed E-state index contributed by atoms with van der Waals surface area (Å²) in [4.78, 5) is 17.2. The average Bonchev–Trinajstić information content (AvgIpc) is 2.46. The van der Waals surface area contributed by atoms with Crippen molar-refractivity contribution < 1.29 is 0 Å². The van der Waals surface area contributed by atoms with Gasteiger partial charge in [-0.1, -0.05) is 0 Å². The molecule has 0 aliphatic rings. The molecule has 7 nitrogen and oxygen atoms in total. The molecule has 3 rings (SSSR count). The zero-order chi connectivity index (χ0) is 16.6. The maximum absolute atomic E-state index is 5.96. The second-order valence-electron chi connectivity index (χ2n) is 6.36. The third kappa shape index (κ3) is 3.13. The maximum atomic E-state index is 5.96. The first-order valence-corrected chi connectivity index (χ1v) is 7.25. The third-order valence-corrected chi connectivity index (χ3v) is 3.23. The van der Waals surface area contributed by atoms with Crippen molar-refractivity contribution in [2.24, 2.45) is 0 Å². The predicted octanol–water partition coefficient (Wildman–Crippen LogP) is 2.46. The highest BCUT2D eigenvalue weighted by Crippen LogP contribution is 2.30. The van der Waals surface area contributed by atoms with E-state index >= 15 is 0 Å². The number of anilines is 3. The van der Waals surface area contributed by atoms with Crippen LogP contribution in [0.1, 0.15) is 20.8 Å². The van der Waals surface area contributed by atoms with Crippen molar-refractivity contribution in [1.29, 1.82) is 0 Å². The van der Waals surface area contributed by atoms with Crippen LogP contribution in [0.3, 0.4) is 0 Å². The van der Waals surface area contributed by atoms with Gasteiger partial charge in [0.25, 0.3) is 0 Å². The average molecular weight is 309 g/mol. The van der Waals surface area contributed by atoms with Gasteiger partial charge >= 0.3 is 0 Å². The van der Waals surface area contributed by atoms with E-state index in [0.717, 1.165) is 16.6 Å². The van der Waals surface area contributed by atoms with Crippen molar-refractivity contribution in [3.63, 3.8) is 0 Å². The number of hydrogen-bond acceptors (Lipinski definition) is 7. The molecule has 0 spiro atoms. The molecule has 0 saturated carbocycles. The van der Waals surface area contributed by atoms with Gasteiger partial charge in [-0.05, 0) is 38.5 Å². The highest BCUT2D eigenvalue weighted by atomic mass is 15.1. The minimum Gasteiger partial charge on any atom is -0.384 e. The van der Waals surface area contributed by atoms with Crippen LogP contribution >= 0.6 is 0 Å². The lowest BCUT2D eigenvalue weighted by atomic mass is 10.1. The van der Waals surface area contributed by atoms with E-state index in [4.69, 9.17) is 11.5 Å². The normalized spacial score (nSPS) is 11.6. The van der Waals surface area contributed by atoms with Crippen molar-refractivity contribution in [3.8, 4) is 11.1 Å². The lowest BCUT2D eigenvalue weighted by Gasteiger charge is -2.20. The Kier molecular flexibility index (Phi) is 3.48. The molecular formula is C16H19N7. The van der Waals surface area contributed by atoms with E-state index in [1.54, 1.807) is 24.7 Å². The highest BCUT2D eigenvalue weighted by molar-refractivity contribution is 5.98. The van der Waals surface area contributed by atoms with Gasteiger partial charge in [-0.2, -0.15) is 0 Å². The quantitative estimate of drug-likeness (QED) is 0.665. The van der Waals surface area contributed by atoms with Crippen LogP contribution in [0.5, 0.6) is 0 Å². The topological polar surface area (TPSA) is 116 Å². The molecule has 0 aliphatic heterocycles. The van der Waals surface area contributed by atoms with E-state index in [9.17, 15) is 0 Å². The molecule has 0 atom stereocenters. The summed E-state index contributed by atoms with van der Waals surface area (Å²) in [5.41, 5.74) is 14.0. The Balaban J connectivity index is 2.21. The van der Waals surface area contributed by atoms with E-state index < -0.39 is 0 Å². The van der Waals surface area contributed by atoms with E-state index in [-0.39, 0.29) is 5.54 Å². The lowest BCUT2D eigenvalue weighted by molar-refractivity contribution is 0.626. The summed E-state index contributed by atoms with van der Waals surface area (Å²) in [6, 6.07) is 3.65. The summed E-state index contributed by atoms with van der Waals surface area (Å²) in [5, 5.41) is 3.97. The summed E-state index contributed by atoms with van der Waals surface area (Å²) in [6.07, 6.45) is 5.04. The zero-order valence-electron chi connectivity index (χ0n) is 13.3. The summed E-state index contributed by atoms with van der Waals surface area (Å²) >= 11 is 0. The second-order valence-corrected chi connectivity index (χ2v) is 6.36. The van der Waals surface area contributed by atoms with Gasteiger partial charge in [-0.15, -0.1) is 0 Å². The number of nitrogens with zero attached hydrogens (tertiary/aromatic N) is 4. The van der Waals surface area contributed by atoms with Crippen molar-refractivity contribution in [3.05, 3.63) is 30.7 Å². The first-order valence-electron chi connectivity index (χ1n) is 7.25. The highest BCUT2D eigenvalue weighted by Gasteiger charge is 2.15. The van der Waals surface area contributed by atoms with E-state index in [2.05, 4.69) is 25.3 Å². The van der Waals surface area contributed by atoms with Crippen molar-refractivity contribution in [2.75, 3.05) is 16.8 Å². The fourth-order valence-corrected chi connectivity index (χ4v) is 2.26. The van der Waals surface area contributed by atoms with E-state index in [0.29, 0.717) is 23.0 Å². The van der Waals surface area contributed by atoms with Gasteiger partial charge in [0.05, 0.1) is 10.9 Å². The molecule has 0 bridgehead atoms. The molecule has 3 aromatic heterocycles. The minimum absolute atomic E-state index is 0.145. The number of nitrogens with one attached hydrogen (secondary N) is 1. The Morgan fingerprint density at radius 3 is 2.52 bits per heavy atom. The smallest absolute Gasteiger partial charge is 0.223 e. The van der Waals surface area contributed by atoms with Gasteiger partial charge in [0.15, 0.2) is 0 Å². The van der Waals surface area contributed by atoms with Gasteiger partial charge in [0, 0.05) is 29.7 Å². The number of nitrogen functional groups attached to an aromatic ring is 2. The molecule has 23 heavy (non-hydrogen) atoms. The van der Waals surface area contributed by atoms with Gasteiger partial charge in [-0.25, -0.2) is 19.9 Å². The van der Waals surface area contributed by atoms with Gasteiger partial charge in [0.2, 0.25) is 5.95 Å². The predicted molar refractivity (Wildman–Crippen MR) is 92.8 cm³/mol. The summed E-state index contributed by atoms with van der Waals surface area (Å²) < 4.78 is 0. The molecule has 3 aromatic rings. The molecule has 0 radical (unpaired) electrons. The van der Waals surface area contributed by atoms with Crippen LogP contribution in [-0.4, -0.2) is 25.5 Å². The number of aromatic nitrogens is 4. The fraction of sp³-hybridized carbons (Fsp3) is 0.250. The Hall–Kier alpha value is -2.96. The molecule has 0 fully saturated rings. The molecule has 0 amide bonds. The SMILES string of the molecule is CC(C)(C)Nc1ncc2c(N)ncc(-c3ccnc(N)c3)c2n1. The van der Waals surface area contributed by atoms with Gasteiger partial charge in [0.1, 0.15) is 11.6 Å². The molecule has 7 heteroatoms. The summed E-state index contributed by atoms with van der Waals surface area (Å²) in [5.74, 6) is 1.38. The van der Waals surface area contributed by atoms with Crippen LogP contribution in [-0.2, 0) is 0 Å². The van der Waals surface area contributed by atoms with E-state index in [1.165, 1.54) is 0 Å². The Bertz CT molecular complexity index is 868. The number of hydrogen-bond donors (Lipinski definition) is 3. The molecule has 0 unspecified atom stereocenters. The van der Waals surface area contributed by atoms with Crippen molar-refractivity contribution in [2.45, 2.75) is 26.3 Å². The summed E-state index contributed by atoms with van der Waals surface area (Å²) in [6.45, 7) is 6.14. The Morgan fingerprint density at radius 2 is 1.83 bits per heavy atom. The molecule has 5 N–H and O–H groups in total. The molecule has 0 aliphatic carbocycles.